The molecule has 3 atom stereocenters. The largest absolute Gasteiger partial charge is 0.428 e. The van der Waals surface area contributed by atoms with E-state index in [1.54, 1.807) is 18.9 Å². The molecule has 1 spiro atoms. The van der Waals surface area contributed by atoms with Gasteiger partial charge >= 0.3 is 6.48 Å². The first-order valence-corrected chi connectivity index (χ1v) is 9.59. The van der Waals surface area contributed by atoms with E-state index >= 15 is 0 Å². The molecular weight excluding hydrogens is 352 g/mol. The number of ether oxygens (including phenoxy) is 5. The summed E-state index contributed by atoms with van der Waals surface area (Å²) in [5.74, 6) is 0.429. The fourth-order valence-electron chi connectivity index (χ4n) is 3.92. The molecule has 2 aromatic rings. The average molecular weight is 372 g/mol. The zero-order chi connectivity index (χ0) is 17.9. The number of fused-ring (bicyclic) bond motifs is 6. The number of benzene rings is 2. The van der Waals surface area contributed by atoms with Gasteiger partial charge in [0.25, 0.3) is 0 Å². The monoisotopic (exact) mass is 372 g/mol. The van der Waals surface area contributed by atoms with Gasteiger partial charge in [-0.1, -0.05) is 30.0 Å². The average Bonchev–Trinajstić information content (AvgIpc) is 3.05. The van der Waals surface area contributed by atoms with Crippen molar-refractivity contribution in [2.45, 2.75) is 54.5 Å². The molecule has 0 amide bonds. The van der Waals surface area contributed by atoms with Gasteiger partial charge in [-0.15, -0.1) is 0 Å². The Balaban J connectivity index is 1.73. The third-order valence-corrected chi connectivity index (χ3v) is 6.10. The van der Waals surface area contributed by atoms with Gasteiger partial charge in [0.15, 0.2) is 11.5 Å². The minimum Gasteiger partial charge on any atom is -0.428 e. The Hall–Kier alpha value is -1.73. The van der Waals surface area contributed by atoms with E-state index < -0.39 is 12.3 Å². The summed E-state index contributed by atoms with van der Waals surface area (Å²) < 4.78 is 29.8. The zero-order valence-corrected chi connectivity index (χ0v) is 15.7. The SMILES string of the molecule is COC1Oc2ccc3c(c2O1)Sc1ccccc1C31OC(C)CC(C)O1. The second kappa shape index (κ2) is 5.89. The van der Waals surface area contributed by atoms with Gasteiger partial charge < -0.3 is 23.7 Å². The van der Waals surface area contributed by atoms with Crippen molar-refractivity contribution in [1.29, 1.82) is 0 Å². The van der Waals surface area contributed by atoms with Gasteiger partial charge in [0.2, 0.25) is 5.79 Å². The van der Waals surface area contributed by atoms with Crippen LogP contribution in [0.4, 0.5) is 0 Å². The second-order valence-corrected chi connectivity index (χ2v) is 7.89. The van der Waals surface area contributed by atoms with E-state index in [1.807, 2.05) is 24.3 Å². The molecular formula is C20H20O5S. The molecule has 6 heteroatoms. The van der Waals surface area contributed by atoms with Crippen LogP contribution >= 0.6 is 11.8 Å². The highest BCUT2D eigenvalue weighted by atomic mass is 32.2. The first kappa shape index (κ1) is 16.4. The molecule has 3 aliphatic heterocycles. The summed E-state index contributed by atoms with van der Waals surface area (Å²) in [5, 5.41) is 0. The van der Waals surface area contributed by atoms with Gasteiger partial charge in [-0.25, -0.2) is 0 Å². The second-order valence-electron chi connectivity index (χ2n) is 6.84. The van der Waals surface area contributed by atoms with Crippen LogP contribution < -0.4 is 9.47 Å². The fourth-order valence-corrected chi connectivity index (χ4v) is 5.16. The minimum absolute atomic E-state index is 0.0832. The summed E-state index contributed by atoms with van der Waals surface area (Å²) in [4.78, 5) is 2.06. The van der Waals surface area contributed by atoms with E-state index in [-0.39, 0.29) is 12.2 Å². The summed E-state index contributed by atoms with van der Waals surface area (Å²) in [7, 11) is 1.56. The molecule has 1 saturated heterocycles. The Labute approximate surface area is 156 Å². The van der Waals surface area contributed by atoms with Crippen molar-refractivity contribution in [3.63, 3.8) is 0 Å². The summed E-state index contributed by atoms with van der Waals surface area (Å²) in [6.45, 7) is 3.47. The number of methoxy groups -OCH3 is 1. The Morgan fingerprint density at radius 1 is 1.00 bits per heavy atom. The van der Waals surface area contributed by atoms with Gasteiger partial charge in [-0.2, -0.15) is 0 Å². The first-order chi connectivity index (χ1) is 12.6. The summed E-state index contributed by atoms with van der Waals surface area (Å²) >= 11 is 1.65. The van der Waals surface area contributed by atoms with E-state index in [0.29, 0.717) is 11.5 Å². The van der Waals surface area contributed by atoms with Gasteiger partial charge in [-0.3, -0.25) is 0 Å². The standard InChI is InChI=1S/C20H20O5S/c1-11-10-12(2)25-20(24-11)13-6-4-5-7-16(13)26-18-14(20)8-9-15-17(18)23-19(21-3)22-15/h4-9,11-12,19H,10H2,1-3H3. The van der Waals surface area contributed by atoms with E-state index in [2.05, 4.69) is 26.0 Å². The molecule has 0 aliphatic carbocycles. The smallest absolute Gasteiger partial charge is 0.360 e. The zero-order valence-electron chi connectivity index (χ0n) is 14.9. The lowest BCUT2D eigenvalue weighted by Crippen LogP contribution is -2.47. The molecule has 26 heavy (non-hydrogen) atoms. The predicted octanol–water partition coefficient (Wildman–Crippen LogP) is 4.27. The highest BCUT2D eigenvalue weighted by molar-refractivity contribution is 7.99. The van der Waals surface area contributed by atoms with Crippen LogP contribution in [-0.4, -0.2) is 25.8 Å². The maximum absolute atomic E-state index is 6.49. The van der Waals surface area contributed by atoms with Crippen LogP contribution in [0.15, 0.2) is 46.2 Å². The molecule has 2 aromatic carbocycles. The molecule has 0 radical (unpaired) electrons. The minimum atomic E-state index is -0.933. The van der Waals surface area contributed by atoms with E-state index in [4.69, 9.17) is 23.7 Å². The van der Waals surface area contributed by atoms with Crippen molar-refractivity contribution in [3.05, 3.63) is 47.5 Å². The van der Waals surface area contributed by atoms with E-state index in [0.717, 1.165) is 27.3 Å². The van der Waals surface area contributed by atoms with Crippen LogP contribution in [0.25, 0.3) is 0 Å². The maximum Gasteiger partial charge on any atom is 0.360 e. The normalized spacial score (nSPS) is 31.6. The predicted molar refractivity (Wildman–Crippen MR) is 95.6 cm³/mol. The molecule has 3 heterocycles. The van der Waals surface area contributed by atoms with Gasteiger partial charge in [0.05, 0.1) is 17.1 Å². The molecule has 0 saturated carbocycles. The molecule has 136 valence electrons. The Kier molecular flexibility index (Phi) is 3.72. The lowest BCUT2D eigenvalue weighted by atomic mass is 9.93. The van der Waals surface area contributed by atoms with Crippen molar-refractivity contribution in [2.75, 3.05) is 7.11 Å². The van der Waals surface area contributed by atoms with Gasteiger partial charge in [0, 0.05) is 23.1 Å². The number of hydrogen-bond donors (Lipinski definition) is 0. The van der Waals surface area contributed by atoms with Crippen molar-refractivity contribution >= 4 is 11.8 Å². The molecule has 3 aliphatic rings. The van der Waals surface area contributed by atoms with Crippen LogP contribution in [0.1, 0.15) is 31.4 Å². The van der Waals surface area contributed by atoms with Crippen molar-refractivity contribution in [1.82, 2.24) is 0 Å². The number of hydrogen-bond acceptors (Lipinski definition) is 6. The summed E-state index contributed by atoms with van der Waals surface area (Å²) in [6, 6.07) is 12.1. The first-order valence-electron chi connectivity index (χ1n) is 8.77. The topological polar surface area (TPSA) is 46.2 Å². The van der Waals surface area contributed by atoms with Crippen molar-refractivity contribution in [2.24, 2.45) is 0 Å². The van der Waals surface area contributed by atoms with Crippen LogP contribution in [0, 0.1) is 0 Å². The molecule has 0 aromatic heterocycles. The molecule has 1 fully saturated rings. The Morgan fingerprint density at radius 2 is 1.77 bits per heavy atom. The van der Waals surface area contributed by atoms with Crippen LogP contribution in [0.3, 0.4) is 0 Å². The maximum atomic E-state index is 6.49. The lowest BCUT2D eigenvalue weighted by Gasteiger charge is -2.46. The van der Waals surface area contributed by atoms with Gasteiger partial charge in [0.1, 0.15) is 0 Å². The molecule has 5 rings (SSSR count). The van der Waals surface area contributed by atoms with Gasteiger partial charge in [-0.05, 0) is 38.5 Å². The quantitative estimate of drug-likeness (QED) is 0.745. The van der Waals surface area contributed by atoms with Crippen molar-refractivity contribution in [3.8, 4) is 11.5 Å². The third-order valence-electron chi connectivity index (χ3n) is 4.91. The van der Waals surface area contributed by atoms with Crippen molar-refractivity contribution < 1.29 is 23.7 Å². The molecule has 0 bridgehead atoms. The highest BCUT2D eigenvalue weighted by Crippen LogP contribution is 2.58. The molecule has 0 N–H and O–H groups in total. The summed E-state index contributed by atoms with van der Waals surface area (Å²) in [6.07, 6.45) is 1.03. The number of rotatable bonds is 1. The van der Waals surface area contributed by atoms with Crippen LogP contribution in [0.2, 0.25) is 0 Å². The summed E-state index contributed by atoms with van der Waals surface area (Å²) in [5.41, 5.74) is 2.00. The molecule has 5 nitrogen and oxygen atoms in total. The fraction of sp³-hybridized carbons (Fsp3) is 0.400. The molecule has 3 unspecified atom stereocenters. The van der Waals surface area contributed by atoms with Crippen LogP contribution in [-0.2, 0) is 20.0 Å². The van der Waals surface area contributed by atoms with E-state index in [1.165, 1.54) is 0 Å². The highest BCUT2D eigenvalue weighted by Gasteiger charge is 2.50. The Morgan fingerprint density at radius 3 is 2.54 bits per heavy atom. The van der Waals surface area contributed by atoms with E-state index in [9.17, 15) is 0 Å². The Bertz CT molecular complexity index is 857. The lowest BCUT2D eigenvalue weighted by molar-refractivity contribution is -0.300. The van der Waals surface area contributed by atoms with Crippen LogP contribution in [0.5, 0.6) is 11.5 Å². The third kappa shape index (κ3) is 2.29.